The van der Waals surface area contributed by atoms with E-state index < -0.39 is 0 Å². The maximum absolute atomic E-state index is 6.47. The minimum Gasteiger partial charge on any atom is -0.370 e. The van der Waals surface area contributed by atoms with Crippen LogP contribution in [0.15, 0.2) is 0 Å². The van der Waals surface area contributed by atoms with Gasteiger partial charge in [-0.1, -0.05) is 52.4 Å². The molecule has 5 nitrogen and oxygen atoms in total. The average molecular weight is 215 g/mol. The predicted molar refractivity (Wildman–Crippen MR) is 66.0 cm³/mol. The Hall–Kier alpha value is -1.26. The first-order valence-corrected chi connectivity index (χ1v) is 5.49. The van der Waals surface area contributed by atoms with Gasteiger partial charge in [0.15, 0.2) is 11.9 Å². The van der Waals surface area contributed by atoms with E-state index in [1.807, 2.05) is 5.32 Å². The minimum absolute atomic E-state index is 0.312. The van der Waals surface area contributed by atoms with Crippen molar-refractivity contribution in [1.82, 2.24) is 5.32 Å². The summed E-state index contributed by atoms with van der Waals surface area (Å²) >= 11 is 0. The molecule has 7 N–H and O–H groups in total. The number of guanidine groups is 2. The summed E-state index contributed by atoms with van der Waals surface area (Å²) in [6.07, 6.45) is 8.49. The van der Waals surface area contributed by atoms with E-state index in [-0.39, 0.29) is 11.9 Å². The number of hydrogen-bond donors (Lipinski definition) is 5. The van der Waals surface area contributed by atoms with E-state index >= 15 is 0 Å². The molecule has 0 radical (unpaired) electrons. The van der Waals surface area contributed by atoms with Gasteiger partial charge in [-0.2, -0.15) is 0 Å². The average Bonchev–Trinajstić information content (AvgIpc) is 2.11. The fourth-order valence-electron chi connectivity index (χ4n) is 0.999. The lowest BCUT2D eigenvalue weighted by molar-refractivity contribution is 0.624. The quantitative estimate of drug-likeness (QED) is 0.273. The van der Waals surface area contributed by atoms with Crippen molar-refractivity contribution >= 4 is 11.9 Å². The van der Waals surface area contributed by atoms with Gasteiger partial charge in [0.2, 0.25) is 0 Å². The Bertz CT molecular complexity index is 149. The van der Waals surface area contributed by atoms with Crippen LogP contribution in [0.1, 0.15) is 52.4 Å². The standard InChI is InChI=1S/C8H18.C2H7N5/c1-3-5-7-8-6-4-2;3-1(4)7-2(5)6/h3-8H2,1-2H3;(H7,3,4,5,6,7). The van der Waals surface area contributed by atoms with E-state index in [1.165, 1.54) is 38.5 Å². The zero-order valence-electron chi connectivity index (χ0n) is 9.90. The topological polar surface area (TPSA) is 112 Å². The van der Waals surface area contributed by atoms with Gasteiger partial charge in [-0.15, -0.1) is 0 Å². The summed E-state index contributed by atoms with van der Waals surface area (Å²) in [6.45, 7) is 4.51. The SMILES string of the molecule is CCCCCCCC.N=C(N)NC(=N)N. The maximum atomic E-state index is 6.47. The summed E-state index contributed by atoms with van der Waals surface area (Å²) in [5.41, 5.74) is 9.49. The third-order valence-corrected chi connectivity index (χ3v) is 1.73. The van der Waals surface area contributed by atoms with Gasteiger partial charge < -0.3 is 11.5 Å². The number of rotatable bonds is 5. The van der Waals surface area contributed by atoms with Crippen LogP contribution in [0.2, 0.25) is 0 Å². The van der Waals surface area contributed by atoms with Crippen LogP contribution in [0.3, 0.4) is 0 Å². The highest BCUT2D eigenvalue weighted by molar-refractivity contribution is 5.93. The monoisotopic (exact) mass is 215 g/mol. The van der Waals surface area contributed by atoms with Crippen LogP contribution in [-0.2, 0) is 0 Å². The number of unbranched alkanes of at least 4 members (excludes halogenated alkanes) is 5. The molecular formula is C10H25N5. The van der Waals surface area contributed by atoms with Crippen molar-refractivity contribution < 1.29 is 0 Å². The van der Waals surface area contributed by atoms with Crippen LogP contribution >= 0.6 is 0 Å². The van der Waals surface area contributed by atoms with Crippen LogP contribution in [0.4, 0.5) is 0 Å². The van der Waals surface area contributed by atoms with Crippen molar-refractivity contribution in [3.8, 4) is 0 Å². The van der Waals surface area contributed by atoms with Crippen molar-refractivity contribution in [1.29, 1.82) is 10.8 Å². The summed E-state index contributed by atoms with van der Waals surface area (Å²) in [7, 11) is 0. The Morgan fingerprint density at radius 2 is 1.20 bits per heavy atom. The van der Waals surface area contributed by atoms with Gasteiger partial charge in [0, 0.05) is 0 Å². The molecule has 0 aromatic heterocycles. The van der Waals surface area contributed by atoms with E-state index in [0.717, 1.165) is 0 Å². The van der Waals surface area contributed by atoms with E-state index in [0.29, 0.717) is 0 Å². The Labute approximate surface area is 92.6 Å². The maximum Gasteiger partial charge on any atom is 0.192 e. The van der Waals surface area contributed by atoms with Gasteiger partial charge in [-0.3, -0.25) is 16.1 Å². The second-order valence-corrected chi connectivity index (χ2v) is 3.37. The van der Waals surface area contributed by atoms with Gasteiger partial charge in [0.25, 0.3) is 0 Å². The Morgan fingerprint density at radius 3 is 1.33 bits per heavy atom. The molecular weight excluding hydrogens is 190 g/mol. The first-order valence-electron chi connectivity index (χ1n) is 5.49. The van der Waals surface area contributed by atoms with Crippen LogP contribution in [-0.4, -0.2) is 11.9 Å². The zero-order chi connectivity index (χ0) is 12.1. The highest BCUT2D eigenvalue weighted by Gasteiger charge is 1.84. The first kappa shape index (κ1) is 16.2. The number of nitrogens with one attached hydrogen (secondary N) is 3. The highest BCUT2D eigenvalue weighted by atomic mass is 15.1. The highest BCUT2D eigenvalue weighted by Crippen LogP contribution is 2.03. The number of hydrogen-bond acceptors (Lipinski definition) is 2. The molecule has 0 atom stereocenters. The molecule has 0 amide bonds. The fraction of sp³-hybridized carbons (Fsp3) is 0.800. The smallest absolute Gasteiger partial charge is 0.192 e. The molecule has 0 bridgehead atoms. The van der Waals surface area contributed by atoms with Crippen LogP contribution < -0.4 is 16.8 Å². The van der Waals surface area contributed by atoms with Crippen molar-refractivity contribution in [2.75, 3.05) is 0 Å². The first-order chi connectivity index (χ1) is 7.04. The Balaban J connectivity index is 0. The molecule has 0 aromatic carbocycles. The summed E-state index contributed by atoms with van der Waals surface area (Å²) < 4.78 is 0. The predicted octanol–water partition coefficient (Wildman–Crippen LogP) is 1.73. The Morgan fingerprint density at radius 1 is 0.867 bits per heavy atom. The molecule has 0 heterocycles. The van der Waals surface area contributed by atoms with Crippen LogP contribution in [0.25, 0.3) is 0 Å². The normalized spacial score (nSPS) is 8.67. The summed E-state index contributed by atoms with van der Waals surface area (Å²) in [5, 5.41) is 15.0. The lowest BCUT2D eigenvalue weighted by Gasteiger charge is -1.95. The second-order valence-electron chi connectivity index (χ2n) is 3.37. The largest absolute Gasteiger partial charge is 0.370 e. The molecule has 0 unspecified atom stereocenters. The van der Waals surface area contributed by atoms with E-state index in [1.54, 1.807) is 0 Å². The Kier molecular flexibility index (Phi) is 13.7. The van der Waals surface area contributed by atoms with Crippen molar-refractivity contribution in [2.24, 2.45) is 11.5 Å². The number of nitrogens with two attached hydrogens (primary N) is 2. The van der Waals surface area contributed by atoms with Crippen LogP contribution in [0, 0.1) is 10.8 Å². The molecule has 0 fully saturated rings. The lowest BCUT2D eigenvalue weighted by atomic mass is 10.1. The van der Waals surface area contributed by atoms with Gasteiger partial charge in [-0.05, 0) is 0 Å². The zero-order valence-corrected chi connectivity index (χ0v) is 9.90. The second kappa shape index (κ2) is 12.7. The van der Waals surface area contributed by atoms with E-state index in [9.17, 15) is 0 Å². The van der Waals surface area contributed by atoms with Gasteiger partial charge in [0.05, 0.1) is 0 Å². The molecule has 15 heavy (non-hydrogen) atoms. The van der Waals surface area contributed by atoms with Crippen LogP contribution in [0.5, 0.6) is 0 Å². The lowest BCUT2D eigenvalue weighted by Crippen LogP contribution is -2.39. The van der Waals surface area contributed by atoms with Crippen molar-refractivity contribution in [3.63, 3.8) is 0 Å². The molecule has 0 saturated heterocycles. The van der Waals surface area contributed by atoms with Gasteiger partial charge >= 0.3 is 0 Å². The molecule has 5 heteroatoms. The molecule has 0 aliphatic heterocycles. The summed E-state index contributed by atoms with van der Waals surface area (Å²) in [5.74, 6) is -0.625. The van der Waals surface area contributed by atoms with Crippen molar-refractivity contribution in [3.05, 3.63) is 0 Å². The molecule has 0 aliphatic carbocycles. The molecule has 0 aromatic rings. The molecule has 90 valence electrons. The van der Waals surface area contributed by atoms with Gasteiger partial charge in [-0.25, -0.2) is 0 Å². The summed E-state index contributed by atoms with van der Waals surface area (Å²) in [4.78, 5) is 0. The van der Waals surface area contributed by atoms with E-state index in [2.05, 4.69) is 13.8 Å². The molecule has 0 spiro atoms. The third kappa shape index (κ3) is 24.5. The fourth-order valence-corrected chi connectivity index (χ4v) is 0.999. The molecule has 0 saturated carbocycles. The van der Waals surface area contributed by atoms with Gasteiger partial charge in [0.1, 0.15) is 0 Å². The molecule has 0 aliphatic rings. The third-order valence-electron chi connectivity index (χ3n) is 1.73. The minimum atomic E-state index is -0.312. The van der Waals surface area contributed by atoms with Crippen molar-refractivity contribution in [2.45, 2.75) is 52.4 Å². The van der Waals surface area contributed by atoms with E-state index in [4.69, 9.17) is 22.3 Å². The summed E-state index contributed by atoms with van der Waals surface area (Å²) in [6, 6.07) is 0. The molecule has 0 rings (SSSR count).